The van der Waals surface area contributed by atoms with E-state index < -0.39 is 27.6 Å². The van der Waals surface area contributed by atoms with Crippen molar-refractivity contribution < 1.29 is 25.8 Å². The summed E-state index contributed by atoms with van der Waals surface area (Å²) in [5.41, 5.74) is 0.799. The van der Waals surface area contributed by atoms with E-state index >= 15 is 0 Å². The summed E-state index contributed by atoms with van der Waals surface area (Å²) in [5, 5.41) is 2.70. The molecule has 27 heavy (non-hydrogen) atoms. The number of benzene rings is 2. The number of aryl methyl sites for hydroxylation is 1. The van der Waals surface area contributed by atoms with Crippen LogP contribution in [0.25, 0.3) is 10.6 Å². The molecule has 142 valence electrons. The van der Waals surface area contributed by atoms with Crippen LogP contribution in [0.15, 0.2) is 53.9 Å². The molecule has 0 spiro atoms. The van der Waals surface area contributed by atoms with Gasteiger partial charge in [0, 0.05) is 16.6 Å². The van der Waals surface area contributed by atoms with E-state index in [1.54, 1.807) is 12.1 Å². The quantitative estimate of drug-likeness (QED) is 0.550. The van der Waals surface area contributed by atoms with Gasteiger partial charge in [0.2, 0.25) is 0 Å². The summed E-state index contributed by atoms with van der Waals surface area (Å²) in [6.07, 6.45) is -4.54. The maximum absolute atomic E-state index is 12.7. The molecule has 2 aromatic carbocycles. The smallest absolute Gasteiger partial charge is 0.382 e. The Hall–Kier alpha value is -2.39. The molecule has 1 heterocycles. The summed E-state index contributed by atoms with van der Waals surface area (Å²) in [6.45, 7) is 1.87. The molecule has 0 unspecified atom stereocenters. The second-order valence-corrected chi connectivity index (χ2v) is 8.23. The number of hydrogen-bond donors (Lipinski definition) is 0. The van der Waals surface area contributed by atoms with E-state index in [4.69, 9.17) is 4.18 Å². The highest BCUT2D eigenvalue weighted by molar-refractivity contribution is 7.86. The molecule has 3 rings (SSSR count). The Morgan fingerprint density at radius 1 is 1.11 bits per heavy atom. The number of hydrogen-bond acceptors (Lipinski definition) is 5. The molecular weight excluding hydrogens is 399 g/mol. The Morgan fingerprint density at radius 3 is 2.41 bits per heavy atom. The first-order valence-electron chi connectivity index (χ1n) is 7.73. The molecular formula is C18H14F3NO3S2. The Bertz CT molecular complexity index is 1040. The average Bonchev–Trinajstić information content (AvgIpc) is 3.00. The van der Waals surface area contributed by atoms with Crippen LogP contribution >= 0.6 is 11.3 Å². The third-order valence-electron chi connectivity index (χ3n) is 3.54. The molecule has 0 radical (unpaired) electrons. The summed E-state index contributed by atoms with van der Waals surface area (Å²) in [6, 6.07) is 10.5. The van der Waals surface area contributed by atoms with Gasteiger partial charge in [-0.2, -0.15) is 21.6 Å². The van der Waals surface area contributed by atoms with Crippen LogP contribution in [-0.4, -0.2) is 13.4 Å². The first-order valence-corrected chi connectivity index (χ1v) is 10.2. The second kappa shape index (κ2) is 7.32. The number of rotatable bonds is 5. The van der Waals surface area contributed by atoms with Gasteiger partial charge in [-0.15, -0.1) is 11.3 Å². The lowest BCUT2D eigenvalue weighted by Gasteiger charge is -2.10. The van der Waals surface area contributed by atoms with Gasteiger partial charge in [0.1, 0.15) is 16.5 Å². The fourth-order valence-corrected chi connectivity index (χ4v) is 4.21. The molecule has 0 aliphatic heterocycles. The lowest BCUT2D eigenvalue weighted by Crippen LogP contribution is -2.13. The summed E-state index contributed by atoms with van der Waals surface area (Å²) in [5.74, 6) is -0.580. The lowest BCUT2D eigenvalue weighted by atomic mass is 10.1. The first-order chi connectivity index (χ1) is 12.6. The SMILES string of the molecule is Cc1csc(-c2ccc(OS(=O)(=O)Cc3cccc(C(F)(F)F)c3)cc2)n1. The summed E-state index contributed by atoms with van der Waals surface area (Å²) < 4.78 is 67.6. The fraction of sp³-hybridized carbons (Fsp3) is 0.167. The molecule has 0 fully saturated rings. The van der Waals surface area contributed by atoms with Crippen molar-refractivity contribution >= 4 is 21.5 Å². The Labute approximate surface area is 158 Å². The largest absolute Gasteiger partial charge is 0.416 e. The van der Waals surface area contributed by atoms with Crippen LogP contribution in [0.2, 0.25) is 0 Å². The van der Waals surface area contributed by atoms with Crippen LogP contribution in [0.4, 0.5) is 13.2 Å². The Kier molecular flexibility index (Phi) is 5.25. The van der Waals surface area contributed by atoms with Crippen molar-refractivity contribution in [3.63, 3.8) is 0 Å². The maximum Gasteiger partial charge on any atom is 0.416 e. The molecule has 0 atom stereocenters. The van der Waals surface area contributed by atoms with Crippen LogP contribution in [0, 0.1) is 6.92 Å². The third-order valence-corrected chi connectivity index (χ3v) is 5.68. The van der Waals surface area contributed by atoms with E-state index in [-0.39, 0.29) is 11.3 Å². The number of thiazole rings is 1. The zero-order valence-electron chi connectivity index (χ0n) is 14.0. The molecule has 9 heteroatoms. The third kappa shape index (κ3) is 5.08. The van der Waals surface area contributed by atoms with Crippen molar-refractivity contribution in [1.29, 1.82) is 0 Å². The topological polar surface area (TPSA) is 56.3 Å². The van der Waals surface area contributed by atoms with Gasteiger partial charge in [0.15, 0.2) is 0 Å². The van der Waals surface area contributed by atoms with Crippen molar-refractivity contribution in [1.82, 2.24) is 4.98 Å². The van der Waals surface area contributed by atoms with Crippen LogP contribution in [0.1, 0.15) is 16.8 Å². The fourth-order valence-electron chi connectivity index (χ4n) is 2.36. The molecule has 3 aromatic rings. The van der Waals surface area contributed by atoms with Crippen LogP contribution in [-0.2, 0) is 22.0 Å². The first kappa shape index (κ1) is 19.4. The van der Waals surface area contributed by atoms with E-state index in [2.05, 4.69) is 4.98 Å². The Balaban J connectivity index is 1.73. The molecule has 0 N–H and O–H groups in total. The molecule has 0 bridgehead atoms. The van der Waals surface area contributed by atoms with Crippen molar-refractivity contribution in [3.05, 3.63) is 70.7 Å². The van der Waals surface area contributed by atoms with Crippen LogP contribution < -0.4 is 4.18 Å². The molecule has 0 saturated heterocycles. The van der Waals surface area contributed by atoms with Gasteiger partial charge in [-0.3, -0.25) is 0 Å². The van der Waals surface area contributed by atoms with E-state index in [9.17, 15) is 21.6 Å². The lowest BCUT2D eigenvalue weighted by molar-refractivity contribution is -0.137. The normalized spacial score (nSPS) is 12.1. The van der Waals surface area contributed by atoms with Crippen molar-refractivity contribution in [3.8, 4) is 16.3 Å². The highest BCUT2D eigenvalue weighted by Gasteiger charge is 2.30. The highest BCUT2D eigenvalue weighted by Crippen LogP contribution is 2.30. The van der Waals surface area contributed by atoms with Crippen molar-refractivity contribution in [2.75, 3.05) is 0 Å². The van der Waals surface area contributed by atoms with Gasteiger partial charge in [0.25, 0.3) is 0 Å². The standard InChI is InChI=1S/C18H14F3NO3S2/c1-12-10-26-17(22-12)14-5-7-16(8-6-14)25-27(23,24)11-13-3-2-4-15(9-13)18(19,20)21/h2-10H,11H2,1H3. The van der Waals surface area contributed by atoms with E-state index in [1.165, 1.54) is 35.6 Å². The van der Waals surface area contributed by atoms with Gasteiger partial charge in [0.05, 0.1) is 5.56 Å². The molecule has 1 aromatic heterocycles. The van der Waals surface area contributed by atoms with Gasteiger partial charge in [-0.1, -0.05) is 18.2 Å². The van der Waals surface area contributed by atoms with Crippen molar-refractivity contribution in [2.24, 2.45) is 0 Å². The van der Waals surface area contributed by atoms with Gasteiger partial charge in [-0.05, 0) is 42.8 Å². The summed E-state index contributed by atoms with van der Waals surface area (Å²) in [7, 11) is -4.10. The predicted molar refractivity (Wildman–Crippen MR) is 97.0 cm³/mol. The molecule has 0 amide bonds. The number of aromatic nitrogens is 1. The molecule has 0 aliphatic rings. The zero-order valence-corrected chi connectivity index (χ0v) is 15.7. The summed E-state index contributed by atoms with van der Waals surface area (Å²) >= 11 is 1.46. The average molecular weight is 413 g/mol. The number of alkyl halides is 3. The van der Waals surface area contributed by atoms with Crippen LogP contribution in [0.3, 0.4) is 0 Å². The maximum atomic E-state index is 12.7. The molecule has 4 nitrogen and oxygen atoms in total. The van der Waals surface area contributed by atoms with Gasteiger partial charge < -0.3 is 4.18 Å². The molecule has 0 aliphatic carbocycles. The molecule has 0 saturated carbocycles. The minimum atomic E-state index is -4.54. The Morgan fingerprint density at radius 2 is 1.81 bits per heavy atom. The second-order valence-electron chi connectivity index (χ2n) is 5.80. The van der Waals surface area contributed by atoms with Crippen LogP contribution in [0.5, 0.6) is 5.75 Å². The van der Waals surface area contributed by atoms with Crippen molar-refractivity contribution in [2.45, 2.75) is 18.9 Å². The zero-order chi connectivity index (χ0) is 19.7. The number of halogens is 3. The van der Waals surface area contributed by atoms with E-state index in [1.807, 2.05) is 12.3 Å². The van der Waals surface area contributed by atoms with E-state index in [0.717, 1.165) is 28.4 Å². The predicted octanol–water partition coefficient (Wildman–Crippen LogP) is 5.05. The highest BCUT2D eigenvalue weighted by atomic mass is 32.2. The summed E-state index contributed by atoms with van der Waals surface area (Å²) in [4.78, 5) is 4.34. The number of nitrogens with zero attached hydrogens (tertiary/aromatic N) is 1. The van der Waals surface area contributed by atoms with Gasteiger partial charge >= 0.3 is 16.3 Å². The van der Waals surface area contributed by atoms with E-state index in [0.29, 0.717) is 0 Å². The van der Waals surface area contributed by atoms with Gasteiger partial charge in [-0.25, -0.2) is 4.98 Å². The monoisotopic (exact) mass is 413 g/mol. The minimum Gasteiger partial charge on any atom is -0.382 e. The minimum absolute atomic E-state index is 0.000272.